The molecule has 0 fully saturated rings. The lowest BCUT2D eigenvalue weighted by Gasteiger charge is -2.24. The standard InChI is InChI=1S/C18H26N2O2S/c1-6-16-20-13(4)18(23-16)12(3)19-11(2)17(21)14-7-9-15(22-5)10-8-14/h7-12,17,19,21H,6H2,1-5H3. The average Bonchev–Trinajstić information content (AvgIpc) is 2.95. The summed E-state index contributed by atoms with van der Waals surface area (Å²) in [5, 5.41) is 15.2. The van der Waals surface area contributed by atoms with Crippen LogP contribution in [0.2, 0.25) is 0 Å². The number of nitrogens with one attached hydrogen (secondary N) is 1. The van der Waals surface area contributed by atoms with Gasteiger partial charge in [-0.25, -0.2) is 4.98 Å². The Morgan fingerprint density at radius 3 is 2.43 bits per heavy atom. The highest BCUT2D eigenvalue weighted by atomic mass is 32.1. The van der Waals surface area contributed by atoms with E-state index in [9.17, 15) is 5.11 Å². The summed E-state index contributed by atoms with van der Waals surface area (Å²) in [5.74, 6) is 0.794. The van der Waals surface area contributed by atoms with Gasteiger partial charge < -0.3 is 15.2 Å². The summed E-state index contributed by atoms with van der Waals surface area (Å²) in [5.41, 5.74) is 1.96. The van der Waals surface area contributed by atoms with Gasteiger partial charge in [-0.05, 0) is 44.9 Å². The lowest BCUT2D eigenvalue weighted by Crippen LogP contribution is -2.34. The monoisotopic (exact) mass is 334 g/mol. The van der Waals surface area contributed by atoms with Crippen LogP contribution in [0, 0.1) is 6.92 Å². The minimum absolute atomic E-state index is 0.0648. The molecule has 0 radical (unpaired) electrons. The van der Waals surface area contributed by atoms with Gasteiger partial charge in [-0.2, -0.15) is 0 Å². The third-order valence-electron chi connectivity index (χ3n) is 4.02. The number of hydrogen-bond acceptors (Lipinski definition) is 5. The molecule has 0 spiro atoms. The molecule has 0 saturated heterocycles. The maximum Gasteiger partial charge on any atom is 0.118 e. The van der Waals surface area contributed by atoms with E-state index in [1.54, 1.807) is 18.4 Å². The number of thiazole rings is 1. The van der Waals surface area contributed by atoms with Gasteiger partial charge in [-0.1, -0.05) is 19.1 Å². The van der Waals surface area contributed by atoms with Gasteiger partial charge in [-0.15, -0.1) is 11.3 Å². The largest absolute Gasteiger partial charge is 0.497 e. The van der Waals surface area contributed by atoms with Crippen LogP contribution in [0.4, 0.5) is 0 Å². The molecule has 5 heteroatoms. The quantitative estimate of drug-likeness (QED) is 0.809. The Kier molecular flexibility index (Phi) is 6.16. The number of benzene rings is 1. The third-order valence-corrected chi connectivity index (χ3v) is 5.50. The van der Waals surface area contributed by atoms with Gasteiger partial charge in [0.2, 0.25) is 0 Å². The third kappa shape index (κ3) is 4.31. The maximum atomic E-state index is 10.6. The molecular weight excluding hydrogens is 308 g/mol. The topological polar surface area (TPSA) is 54.4 Å². The van der Waals surface area contributed by atoms with E-state index < -0.39 is 6.10 Å². The molecule has 1 heterocycles. The van der Waals surface area contributed by atoms with Crippen LogP contribution in [0.3, 0.4) is 0 Å². The number of methoxy groups -OCH3 is 1. The van der Waals surface area contributed by atoms with Crippen LogP contribution in [0.15, 0.2) is 24.3 Å². The molecule has 2 N–H and O–H groups in total. The first-order chi connectivity index (χ1) is 11.0. The molecule has 3 unspecified atom stereocenters. The first-order valence-corrected chi connectivity index (χ1v) is 8.82. The normalized spacial score (nSPS) is 15.2. The fourth-order valence-corrected chi connectivity index (χ4v) is 3.69. The second-order valence-electron chi connectivity index (χ2n) is 5.81. The molecule has 1 aromatic heterocycles. The Balaban J connectivity index is 2.04. The molecule has 0 saturated carbocycles. The minimum atomic E-state index is -0.567. The van der Waals surface area contributed by atoms with Crippen molar-refractivity contribution >= 4 is 11.3 Å². The fourth-order valence-electron chi connectivity index (χ4n) is 2.67. The highest BCUT2D eigenvalue weighted by Gasteiger charge is 2.21. The lowest BCUT2D eigenvalue weighted by atomic mass is 10.0. The van der Waals surface area contributed by atoms with E-state index in [2.05, 4.69) is 24.1 Å². The number of aryl methyl sites for hydroxylation is 2. The Morgan fingerprint density at radius 2 is 1.91 bits per heavy atom. The highest BCUT2D eigenvalue weighted by Crippen LogP contribution is 2.27. The number of hydrogen-bond donors (Lipinski definition) is 2. The zero-order valence-corrected chi connectivity index (χ0v) is 15.3. The van der Waals surface area contributed by atoms with Gasteiger partial charge in [0.1, 0.15) is 5.75 Å². The molecular formula is C18H26N2O2S. The van der Waals surface area contributed by atoms with E-state index in [1.807, 2.05) is 38.1 Å². The van der Waals surface area contributed by atoms with Crippen molar-refractivity contribution in [1.29, 1.82) is 0 Å². The second-order valence-corrected chi connectivity index (χ2v) is 6.92. The summed E-state index contributed by atoms with van der Waals surface area (Å²) < 4.78 is 5.16. The zero-order valence-electron chi connectivity index (χ0n) is 14.5. The summed E-state index contributed by atoms with van der Waals surface area (Å²) in [4.78, 5) is 5.83. The van der Waals surface area contributed by atoms with Gasteiger partial charge in [0.25, 0.3) is 0 Å². The summed E-state index contributed by atoms with van der Waals surface area (Å²) in [6, 6.07) is 7.64. The van der Waals surface area contributed by atoms with Crippen molar-refractivity contribution < 1.29 is 9.84 Å². The van der Waals surface area contributed by atoms with Crippen LogP contribution >= 0.6 is 11.3 Å². The molecule has 4 nitrogen and oxygen atoms in total. The molecule has 2 aromatic rings. The second kappa shape index (κ2) is 7.90. The van der Waals surface area contributed by atoms with Gasteiger partial charge in [0, 0.05) is 17.0 Å². The molecule has 0 aliphatic rings. The van der Waals surface area contributed by atoms with Crippen molar-refractivity contribution in [2.24, 2.45) is 0 Å². The number of rotatable bonds is 7. The van der Waals surface area contributed by atoms with E-state index in [1.165, 1.54) is 4.88 Å². The van der Waals surface area contributed by atoms with Crippen LogP contribution in [0.5, 0.6) is 5.75 Å². The van der Waals surface area contributed by atoms with Gasteiger partial charge in [-0.3, -0.25) is 0 Å². The van der Waals surface area contributed by atoms with Crippen LogP contribution in [-0.2, 0) is 6.42 Å². The van der Waals surface area contributed by atoms with Crippen LogP contribution in [0.1, 0.15) is 54.1 Å². The molecule has 3 atom stereocenters. The number of aliphatic hydroxyl groups excluding tert-OH is 1. The van der Waals surface area contributed by atoms with Gasteiger partial charge in [0.15, 0.2) is 0 Å². The van der Waals surface area contributed by atoms with Gasteiger partial charge >= 0.3 is 0 Å². The molecule has 126 valence electrons. The Hall–Kier alpha value is -1.43. The average molecular weight is 334 g/mol. The SMILES string of the molecule is CCc1nc(C)c(C(C)NC(C)C(O)c2ccc(OC)cc2)s1. The van der Waals surface area contributed by atoms with Crippen molar-refractivity contribution in [1.82, 2.24) is 10.3 Å². The lowest BCUT2D eigenvalue weighted by molar-refractivity contribution is 0.130. The summed E-state index contributed by atoms with van der Waals surface area (Å²) in [6.45, 7) is 8.30. The number of aromatic nitrogens is 1. The number of nitrogens with zero attached hydrogens (tertiary/aromatic N) is 1. The van der Waals surface area contributed by atoms with E-state index in [0.717, 1.165) is 28.4 Å². The van der Waals surface area contributed by atoms with E-state index in [0.29, 0.717) is 0 Å². The molecule has 0 amide bonds. The molecule has 23 heavy (non-hydrogen) atoms. The number of aliphatic hydroxyl groups is 1. The van der Waals surface area contributed by atoms with Crippen LogP contribution in [0.25, 0.3) is 0 Å². The predicted octanol–water partition coefficient (Wildman–Crippen LogP) is 3.80. The van der Waals surface area contributed by atoms with Crippen molar-refractivity contribution in [2.45, 2.75) is 52.3 Å². The smallest absolute Gasteiger partial charge is 0.118 e. The van der Waals surface area contributed by atoms with Crippen molar-refractivity contribution in [3.8, 4) is 5.75 Å². The molecule has 0 aliphatic carbocycles. The minimum Gasteiger partial charge on any atom is -0.497 e. The fraction of sp³-hybridized carbons (Fsp3) is 0.500. The van der Waals surface area contributed by atoms with E-state index in [4.69, 9.17) is 4.74 Å². The first-order valence-electron chi connectivity index (χ1n) is 8.00. The molecule has 0 aliphatic heterocycles. The van der Waals surface area contributed by atoms with E-state index >= 15 is 0 Å². The molecule has 1 aromatic carbocycles. The predicted molar refractivity (Wildman–Crippen MR) is 95.2 cm³/mol. The summed E-state index contributed by atoms with van der Waals surface area (Å²) in [6.07, 6.45) is 0.393. The highest BCUT2D eigenvalue weighted by molar-refractivity contribution is 7.11. The van der Waals surface area contributed by atoms with Crippen molar-refractivity contribution in [2.75, 3.05) is 7.11 Å². The Labute approximate surface area is 142 Å². The molecule has 2 rings (SSSR count). The Bertz CT molecular complexity index is 624. The summed E-state index contributed by atoms with van der Waals surface area (Å²) in [7, 11) is 1.64. The Morgan fingerprint density at radius 1 is 1.26 bits per heavy atom. The van der Waals surface area contributed by atoms with Crippen LogP contribution in [-0.4, -0.2) is 23.2 Å². The first kappa shape index (κ1) is 17.9. The summed E-state index contributed by atoms with van der Waals surface area (Å²) >= 11 is 1.75. The zero-order chi connectivity index (χ0) is 17.0. The van der Waals surface area contributed by atoms with Crippen molar-refractivity contribution in [3.63, 3.8) is 0 Å². The van der Waals surface area contributed by atoms with Gasteiger partial charge in [0.05, 0.1) is 23.9 Å². The molecule has 0 bridgehead atoms. The van der Waals surface area contributed by atoms with Crippen molar-refractivity contribution in [3.05, 3.63) is 45.4 Å². The van der Waals surface area contributed by atoms with E-state index in [-0.39, 0.29) is 12.1 Å². The van der Waals surface area contributed by atoms with Crippen LogP contribution < -0.4 is 10.1 Å². The number of ether oxygens (including phenoxy) is 1. The maximum absolute atomic E-state index is 10.6.